The van der Waals surface area contributed by atoms with Gasteiger partial charge in [0, 0.05) is 19.0 Å². The van der Waals surface area contributed by atoms with Crippen LogP contribution in [0.4, 0.5) is 0 Å². The van der Waals surface area contributed by atoms with Crippen LogP contribution in [0.15, 0.2) is 30.3 Å². The molecule has 128 valence electrons. The molecular weight excluding hydrogens is 312 g/mol. The fourth-order valence-electron chi connectivity index (χ4n) is 3.13. The number of benzene rings is 1. The molecule has 1 amide bonds. The summed E-state index contributed by atoms with van der Waals surface area (Å²) >= 11 is 0. The molecule has 0 saturated carbocycles. The molecule has 1 N–H and O–H groups in total. The Bertz CT molecular complexity index is 616. The van der Waals surface area contributed by atoms with Gasteiger partial charge in [-0.15, -0.1) is 0 Å². The van der Waals surface area contributed by atoms with Gasteiger partial charge in [-0.3, -0.25) is 4.79 Å². The van der Waals surface area contributed by atoms with Gasteiger partial charge in [0.1, 0.15) is 6.04 Å². The third-order valence-electron chi connectivity index (χ3n) is 4.47. The van der Waals surface area contributed by atoms with Crippen LogP contribution in [0, 0.1) is 0 Å². The summed E-state index contributed by atoms with van der Waals surface area (Å²) in [5, 5.41) is 2.96. The Hall–Kier alpha value is -1.40. The molecule has 0 radical (unpaired) electrons. The summed E-state index contributed by atoms with van der Waals surface area (Å²) in [4.78, 5) is 12.5. The maximum atomic E-state index is 12.5. The van der Waals surface area contributed by atoms with Crippen molar-refractivity contribution in [2.45, 2.75) is 44.6 Å². The van der Waals surface area contributed by atoms with Gasteiger partial charge in [-0.25, -0.2) is 8.42 Å². The number of hydrogen-bond donors (Lipinski definition) is 1. The highest BCUT2D eigenvalue weighted by molar-refractivity contribution is 7.88. The number of piperidine rings is 1. The number of carbonyl (C=O) groups excluding carboxylic acids is 1. The Morgan fingerprint density at radius 1 is 1.30 bits per heavy atom. The Kier molecular flexibility index (Phi) is 6.18. The Balaban J connectivity index is 2.00. The summed E-state index contributed by atoms with van der Waals surface area (Å²) in [5.74, 6) is 0.0694. The lowest BCUT2D eigenvalue weighted by atomic mass is 9.96. The first-order valence-electron chi connectivity index (χ1n) is 8.23. The SMILES string of the molecule is CC[C@@H](CNC(=O)[C@@H]1CCCCN1S(C)(=O)=O)c1ccccc1. The van der Waals surface area contributed by atoms with Crippen molar-refractivity contribution >= 4 is 15.9 Å². The normalized spacial score (nSPS) is 20.9. The summed E-state index contributed by atoms with van der Waals surface area (Å²) in [6.45, 7) is 3.06. The molecule has 1 aromatic carbocycles. The molecule has 1 fully saturated rings. The fraction of sp³-hybridized carbons (Fsp3) is 0.588. The van der Waals surface area contributed by atoms with Crippen molar-refractivity contribution in [2.24, 2.45) is 0 Å². The van der Waals surface area contributed by atoms with Crippen molar-refractivity contribution in [2.75, 3.05) is 19.3 Å². The van der Waals surface area contributed by atoms with Crippen molar-refractivity contribution in [3.05, 3.63) is 35.9 Å². The van der Waals surface area contributed by atoms with Crippen LogP contribution >= 0.6 is 0 Å². The van der Waals surface area contributed by atoms with Gasteiger partial charge >= 0.3 is 0 Å². The number of carbonyl (C=O) groups is 1. The summed E-state index contributed by atoms with van der Waals surface area (Å²) in [7, 11) is -3.34. The zero-order valence-corrected chi connectivity index (χ0v) is 14.7. The third-order valence-corrected chi connectivity index (χ3v) is 5.76. The van der Waals surface area contributed by atoms with Crippen LogP contribution in [-0.2, 0) is 14.8 Å². The molecule has 1 aliphatic rings. The Labute approximate surface area is 139 Å². The maximum absolute atomic E-state index is 12.5. The van der Waals surface area contributed by atoms with Crippen molar-refractivity contribution in [1.82, 2.24) is 9.62 Å². The summed E-state index contributed by atoms with van der Waals surface area (Å²) in [6.07, 6.45) is 4.40. The molecule has 2 rings (SSSR count). The quantitative estimate of drug-likeness (QED) is 0.864. The number of rotatable bonds is 6. The molecule has 6 heteroatoms. The molecule has 1 aromatic rings. The average Bonchev–Trinajstić information content (AvgIpc) is 2.55. The molecule has 0 bridgehead atoms. The van der Waals surface area contributed by atoms with E-state index in [1.165, 1.54) is 16.1 Å². The highest BCUT2D eigenvalue weighted by atomic mass is 32.2. The van der Waals surface area contributed by atoms with Crippen molar-refractivity contribution in [3.63, 3.8) is 0 Å². The average molecular weight is 338 g/mol. The number of hydrogen-bond acceptors (Lipinski definition) is 3. The van der Waals surface area contributed by atoms with E-state index in [-0.39, 0.29) is 11.8 Å². The zero-order chi connectivity index (χ0) is 16.9. The zero-order valence-electron chi connectivity index (χ0n) is 13.9. The molecule has 0 unspecified atom stereocenters. The molecule has 1 aliphatic heterocycles. The van der Waals surface area contributed by atoms with Gasteiger partial charge in [0.2, 0.25) is 15.9 Å². The van der Waals surface area contributed by atoms with Crippen molar-refractivity contribution in [1.29, 1.82) is 0 Å². The van der Waals surface area contributed by atoms with E-state index < -0.39 is 16.1 Å². The van der Waals surface area contributed by atoms with Gasteiger partial charge in [0.05, 0.1) is 6.26 Å². The van der Waals surface area contributed by atoms with Crippen molar-refractivity contribution < 1.29 is 13.2 Å². The molecule has 2 atom stereocenters. The fourth-order valence-corrected chi connectivity index (χ4v) is 4.25. The van der Waals surface area contributed by atoms with E-state index in [1.807, 2.05) is 18.2 Å². The van der Waals surface area contributed by atoms with E-state index in [9.17, 15) is 13.2 Å². The van der Waals surface area contributed by atoms with Crippen LogP contribution in [0.2, 0.25) is 0 Å². The Morgan fingerprint density at radius 3 is 2.61 bits per heavy atom. The van der Waals surface area contributed by atoms with Crippen molar-refractivity contribution in [3.8, 4) is 0 Å². The minimum Gasteiger partial charge on any atom is -0.354 e. The van der Waals surface area contributed by atoms with Gasteiger partial charge < -0.3 is 5.32 Å². The summed E-state index contributed by atoms with van der Waals surface area (Å²) in [6, 6.07) is 9.51. The van der Waals surface area contributed by atoms with E-state index in [1.54, 1.807) is 0 Å². The second-order valence-electron chi connectivity index (χ2n) is 6.15. The first kappa shape index (κ1) is 17.9. The molecule has 23 heavy (non-hydrogen) atoms. The van der Waals surface area contributed by atoms with Crippen LogP contribution in [0.25, 0.3) is 0 Å². The second-order valence-corrected chi connectivity index (χ2v) is 8.08. The monoisotopic (exact) mass is 338 g/mol. The van der Waals surface area contributed by atoms with E-state index in [0.717, 1.165) is 19.3 Å². The van der Waals surface area contributed by atoms with Gasteiger partial charge in [-0.05, 0) is 24.8 Å². The van der Waals surface area contributed by atoms with Crippen LogP contribution in [0.1, 0.15) is 44.1 Å². The highest BCUT2D eigenvalue weighted by Crippen LogP contribution is 2.21. The lowest BCUT2D eigenvalue weighted by Gasteiger charge is -2.32. The predicted molar refractivity (Wildman–Crippen MR) is 91.7 cm³/mol. The van der Waals surface area contributed by atoms with Crippen LogP contribution in [0.5, 0.6) is 0 Å². The summed E-state index contributed by atoms with van der Waals surface area (Å²) < 4.78 is 25.1. The smallest absolute Gasteiger partial charge is 0.238 e. The van der Waals surface area contributed by atoms with Crippen LogP contribution < -0.4 is 5.32 Å². The number of amides is 1. The molecule has 1 heterocycles. The number of nitrogens with zero attached hydrogens (tertiary/aromatic N) is 1. The molecular formula is C17H26N2O3S. The highest BCUT2D eigenvalue weighted by Gasteiger charge is 2.34. The minimum absolute atomic E-state index is 0.176. The topological polar surface area (TPSA) is 66.5 Å². The standard InChI is InChI=1S/C17H26N2O3S/c1-3-14(15-9-5-4-6-10-15)13-18-17(20)16-11-7-8-12-19(16)23(2,21)22/h4-6,9-10,14,16H,3,7-8,11-13H2,1-2H3,(H,18,20)/t14-,16-/m0/s1. The number of sulfonamides is 1. The lowest BCUT2D eigenvalue weighted by Crippen LogP contribution is -2.52. The first-order valence-corrected chi connectivity index (χ1v) is 10.1. The third kappa shape index (κ3) is 4.78. The van der Waals surface area contributed by atoms with Gasteiger partial charge in [-0.2, -0.15) is 4.31 Å². The molecule has 1 saturated heterocycles. The van der Waals surface area contributed by atoms with Crippen LogP contribution in [0.3, 0.4) is 0 Å². The predicted octanol–water partition coefficient (Wildman–Crippen LogP) is 2.11. The van der Waals surface area contributed by atoms with E-state index in [2.05, 4.69) is 24.4 Å². The number of nitrogens with one attached hydrogen (secondary N) is 1. The molecule has 0 aliphatic carbocycles. The van der Waals surface area contributed by atoms with Crippen LogP contribution in [-0.4, -0.2) is 44.0 Å². The lowest BCUT2D eigenvalue weighted by molar-refractivity contribution is -0.125. The van der Waals surface area contributed by atoms with E-state index in [4.69, 9.17) is 0 Å². The molecule has 0 spiro atoms. The van der Waals surface area contributed by atoms with Gasteiger partial charge in [0.15, 0.2) is 0 Å². The van der Waals surface area contributed by atoms with E-state index in [0.29, 0.717) is 19.5 Å². The molecule has 5 nitrogen and oxygen atoms in total. The maximum Gasteiger partial charge on any atom is 0.238 e. The largest absolute Gasteiger partial charge is 0.354 e. The summed E-state index contributed by atoms with van der Waals surface area (Å²) in [5.41, 5.74) is 1.19. The van der Waals surface area contributed by atoms with Gasteiger partial charge in [0.25, 0.3) is 0 Å². The van der Waals surface area contributed by atoms with E-state index >= 15 is 0 Å². The first-order chi connectivity index (χ1) is 10.9. The Morgan fingerprint density at radius 2 is 2.00 bits per heavy atom. The molecule has 0 aromatic heterocycles. The van der Waals surface area contributed by atoms with Gasteiger partial charge in [-0.1, -0.05) is 43.7 Å². The second kappa shape index (κ2) is 7.93. The minimum atomic E-state index is -3.34.